The molecule has 0 saturated carbocycles. The van der Waals surface area contributed by atoms with Gasteiger partial charge >= 0.3 is 0 Å². The average Bonchev–Trinajstić information content (AvgIpc) is 2.91. The highest BCUT2D eigenvalue weighted by atomic mass is 19.1. The van der Waals surface area contributed by atoms with Gasteiger partial charge in [0.2, 0.25) is 5.91 Å². The van der Waals surface area contributed by atoms with Gasteiger partial charge in [-0.2, -0.15) is 5.10 Å². The van der Waals surface area contributed by atoms with E-state index < -0.39 is 0 Å². The van der Waals surface area contributed by atoms with Crippen LogP contribution in [-0.4, -0.2) is 47.2 Å². The highest BCUT2D eigenvalue weighted by molar-refractivity contribution is 5.77. The Hall–Kier alpha value is -2.37. The van der Waals surface area contributed by atoms with Crippen LogP contribution in [-0.2, 0) is 11.2 Å². The Bertz CT molecular complexity index is 700. The molecule has 0 unspecified atom stereocenters. The lowest BCUT2D eigenvalue weighted by Gasteiger charge is -2.36. The van der Waals surface area contributed by atoms with Crippen molar-refractivity contribution < 1.29 is 9.18 Å². The van der Waals surface area contributed by atoms with Crippen LogP contribution in [0.3, 0.4) is 0 Å². The van der Waals surface area contributed by atoms with Crippen molar-refractivity contribution in [3.63, 3.8) is 0 Å². The highest BCUT2D eigenvalue weighted by Crippen LogP contribution is 2.18. The van der Waals surface area contributed by atoms with E-state index >= 15 is 0 Å². The largest absolute Gasteiger partial charge is 0.368 e. The Morgan fingerprint density at radius 1 is 1.25 bits per heavy atom. The normalized spacial score (nSPS) is 15.0. The molecule has 1 N–H and O–H groups in total. The maximum absolute atomic E-state index is 13.3. The fourth-order valence-electron chi connectivity index (χ4n) is 3.22. The number of nitrogens with one attached hydrogen (secondary N) is 1. The number of carbonyl (C=O) groups is 1. The zero-order valence-electron chi connectivity index (χ0n) is 14.2. The van der Waals surface area contributed by atoms with E-state index in [0.29, 0.717) is 19.5 Å². The van der Waals surface area contributed by atoms with Crippen molar-refractivity contribution in [1.82, 2.24) is 15.1 Å². The van der Waals surface area contributed by atoms with E-state index in [-0.39, 0.29) is 11.7 Å². The molecule has 1 aliphatic heterocycles. The molecule has 2 aromatic rings. The van der Waals surface area contributed by atoms with Crippen molar-refractivity contribution in [1.29, 1.82) is 0 Å². The molecule has 0 spiro atoms. The van der Waals surface area contributed by atoms with E-state index in [1.807, 2.05) is 24.8 Å². The number of nitrogens with zero attached hydrogens (tertiary/aromatic N) is 3. The second-order valence-corrected chi connectivity index (χ2v) is 6.26. The smallest absolute Gasteiger partial charge is 0.223 e. The molecule has 0 atom stereocenters. The highest BCUT2D eigenvalue weighted by Gasteiger charge is 2.21. The van der Waals surface area contributed by atoms with E-state index in [4.69, 9.17) is 0 Å². The summed E-state index contributed by atoms with van der Waals surface area (Å²) in [5.74, 6) is -0.0502. The molecule has 1 aromatic heterocycles. The van der Waals surface area contributed by atoms with Gasteiger partial charge in [0.15, 0.2) is 0 Å². The Kier molecular flexibility index (Phi) is 4.83. The Morgan fingerprint density at radius 2 is 2.00 bits per heavy atom. The van der Waals surface area contributed by atoms with Gasteiger partial charge in [0.05, 0.1) is 5.69 Å². The molecule has 1 aliphatic rings. The van der Waals surface area contributed by atoms with Gasteiger partial charge in [0.25, 0.3) is 0 Å². The third kappa shape index (κ3) is 3.58. The average molecular weight is 330 g/mol. The number of piperazine rings is 1. The third-order valence-electron chi connectivity index (χ3n) is 4.68. The molecular formula is C18H23FN4O. The van der Waals surface area contributed by atoms with E-state index in [0.717, 1.165) is 42.1 Å². The molecule has 3 rings (SSSR count). The van der Waals surface area contributed by atoms with Crippen molar-refractivity contribution in [3.8, 4) is 0 Å². The topological polar surface area (TPSA) is 52.2 Å². The second kappa shape index (κ2) is 7.03. The number of anilines is 1. The molecule has 1 aromatic carbocycles. The van der Waals surface area contributed by atoms with Crippen LogP contribution in [0.1, 0.15) is 23.4 Å². The first-order chi connectivity index (χ1) is 11.5. The molecule has 1 amide bonds. The lowest BCUT2D eigenvalue weighted by atomic mass is 10.1. The summed E-state index contributed by atoms with van der Waals surface area (Å²) in [6, 6.07) is 6.62. The van der Waals surface area contributed by atoms with Crippen molar-refractivity contribution >= 4 is 11.6 Å². The lowest BCUT2D eigenvalue weighted by Crippen LogP contribution is -2.48. The molecule has 0 radical (unpaired) electrons. The molecule has 24 heavy (non-hydrogen) atoms. The minimum Gasteiger partial charge on any atom is -0.368 e. The SMILES string of the molecule is Cc1n[nH]c(C)c1CCC(=O)N1CCN(c2cccc(F)c2)CC1. The summed E-state index contributed by atoms with van der Waals surface area (Å²) < 4.78 is 13.3. The minimum absolute atomic E-state index is 0.175. The van der Waals surface area contributed by atoms with Gasteiger partial charge in [-0.25, -0.2) is 4.39 Å². The van der Waals surface area contributed by atoms with Crippen LogP contribution in [0, 0.1) is 19.7 Å². The third-order valence-corrected chi connectivity index (χ3v) is 4.68. The number of carbonyl (C=O) groups excluding carboxylic acids is 1. The summed E-state index contributed by atoms with van der Waals surface area (Å²) in [5.41, 5.74) is 4.03. The maximum atomic E-state index is 13.3. The van der Waals surface area contributed by atoms with Crippen LogP contribution in [0.4, 0.5) is 10.1 Å². The van der Waals surface area contributed by atoms with Gasteiger partial charge in [-0.15, -0.1) is 0 Å². The van der Waals surface area contributed by atoms with Crippen LogP contribution in [0.15, 0.2) is 24.3 Å². The number of hydrogen-bond donors (Lipinski definition) is 1. The summed E-state index contributed by atoms with van der Waals surface area (Å²) in [5, 5.41) is 7.13. The van der Waals surface area contributed by atoms with Crippen molar-refractivity contribution in [2.75, 3.05) is 31.1 Å². The summed E-state index contributed by atoms with van der Waals surface area (Å²) in [4.78, 5) is 16.5. The van der Waals surface area contributed by atoms with Gasteiger partial charge in [0, 0.05) is 44.0 Å². The Balaban J connectivity index is 1.52. The predicted molar refractivity (Wildman–Crippen MR) is 91.6 cm³/mol. The first kappa shape index (κ1) is 16.5. The Labute approximate surface area is 141 Å². The molecule has 1 fully saturated rings. The maximum Gasteiger partial charge on any atom is 0.223 e. The lowest BCUT2D eigenvalue weighted by molar-refractivity contribution is -0.131. The van der Waals surface area contributed by atoms with Crippen LogP contribution < -0.4 is 4.90 Å². The number of benzene rings is 1. The second-order valence-electron chi connectivity index (χ2n) is 6.26. The quantitative estimate of drug-likeness (QED) is 0.937. The number of aromatic amines is 1. The Morgan fingerprint density at radius 3 is 2.62 bits per heavy atom. The van der Waals surface area contributed by atoms with Crippen molar-refractivity contribution in [3.05, 3.63) is 47.0 Å². The molecule has 128 valence electrons. The molecule has 2 heterocycles. The van der Waals surface area contributed by atoms with E-state index in [1.54, 1.807) is 12.1 Å². The fraction of sp³-hybridized carbons (Fsp3) is 0.444. The molecule has 5 nitrogen and oxygen atoms in total. The monoisotopic (exact) mass is 330 g/mol. The van der Waals surface area contributed by atoms with E-state index in [2.05, 4.69) is 15.1 Å². The van der Waals surface area contributed by atoms with Gasteiger partial charge in [-0.1, -0.05) is 6.07 Å². The van der Waals surface area contributed by atoms with Crippen molar-refractivity contribution in [2.24, 2.45) is 0 Å². The fourth-order valence-corrected chi connectivity index (χ4v) is 3.22. The first-order valence-corrected chi connectivity index (χ1v) is 8.33. The zero-order valence-corrected chi connectivity index (χ0v) is 14.2. The van der Waals surface area contributed by atoms with Gasteiger partial charge in [-0.3, -0.25) is 9.89 Å². The van der Waals surface area contributed by atoms with Gasteiger partial charge < -0.3 is 9.80 Å². The summed E-state index contributed by atoms with van der Waals surface area (Å²) in [6.07, 6.45) is 1.22. The van der Waals surface area contributed by atoms with Gasteiger partial charge in [0.1, 0.15) is 5.82 Å². The van der Waals surface area contributed by atoms with E-state index in [9.17, 15) is 9.18 Å². The number of aryl methyl sites for hydroxylation is 2. The van der Waals surface area contributed by atoms with Crippen LogP contribution >= 0.6 is 0 Å². The molecule has 0 aliphatic carbocycles. The van der Waals surface area contributed by atoms with Crippen LogP contribution in [0.5, 0.6) is 0 Å². The molecule has 6 heteroatoms. The van der Waals surface area contributed by atoms with E-state index in [1.165, 1.54) is 6.07 Å². The molecule has 1 saturated heterocycles. The van der Waals surface area contributed by atoms with Crippen LogP contribution in [0.2, 0.25) is 0 Å². The summed E-state index contributed by atoms with van der Waals surface area (Å²) >= 11 is 0. The molecular weight excluding hydrogens is 307 g/mol. The summed E-state index contributed by atoms with van der Waals surface area (Å²) in [7, 11) is 0. The standard InChI is InChI=1S/C18H23FN4O/c1-13-17(14(2)21-20-13)6-7-18(24)23-10-8-22(9-11-23)16-5-3-4-15(19)12-16/h3-5,12H,6-11H2,1-2H3,(H,20,21). The molecule has 0 bridgehead atoms. The number of aromatic nitrogens is 2. The predicted octanol–water partition coefficient (Wildman–Crippen LogP) is 2.45. The number of hydrogen-bond acceptors (Lipinski definition) is 3. The van der Waals surface area contributed by atoms with Crippen molar-refractivity contribution in [2.45, 2.75) is 26.7 Å². The first-order valence-electron chi connectivity index (χ1n) is 8.33. The zero-order chi connectivity index (χ0) is 17.1. The number of rotatable bonds is 4. The summed E-state index contributed by atoms with van der Waals surface area (Å²) in [6.45, 7) is 6.77. The van der Waals surface area contributed by atoms with Crippen LogP contribution in [0.25, 0.3) is 0 Å². The number of H-pyrrole nitrogens is 1. The number of halogens is 1. The van der Waals surface area contributed by atoms with Gasteiger partial charge in [-0.05, 0) is 44.0 Å². The minimum atomic E-state index is -0.225. The number of amides is 1.